The molecule has 0 aliphatic rings. The number of hydrazine groups is 1. The van der Waals surface area contributed by atoms with Crippen molar-refractivity contribution in [1.29, 1.82) is 0 Å². The largest absolute Gasteiger partial charge is 0.271 e. The lowest BCUT2D eigenvalue weighted by Crippen LogP contribution is -2.30. The number of aryl methyl sites for hydroxylation is 1. The molecule has 0 bridgehead atoms. The molecule has 0 saturated heterocycles. The molecule has 0 spiro atoms. The summed E-state index contributed by atoms with van der Waals surface area (Å²) in [6, 6.07) is 20.3. The van der Waals surface area contributed by atoms with Gasteiger partial charge in [-0.1, -0.05) is 48.0 Å². The van der Waals surface area contributed by atoms with Crippen molar-refractivity contribution < 1.29 is 0 Å². The SMILES string of the molecule is Cc1ccc(C(NN)c2ccnn2-c2ccccc2)cc1. The van der Waals surface area contributed by atoms with Crippen molar-refractivity contribution in [2.24, 2.45) is 5.84 Å². The summed E-state index contributed by atoms with van der Waals surface area (Å²) in [5.74, 6) is 5.79. The summed E-state index contributed by atoms with van der Waals surface area (Å²) in [5, 5.41) is 4.42. The van der Waals surface area contributed by atoms with Crippen molar-refractivity contribution in [3.63, 3.8) is 0 Å². The highest BCUT2D eigenvalue weighted by Gasteiger charge is 2.17. The van der Waals surface area contributed by atoms with Gasteiger partial charge in [0.15, 0.2) is 0 Å². The van der Waals surface area contributed by atoms with Crippen molar-refractivity contribution in [3.05, 3.63) is 83.7 Å². The van der Waals surface area contributed by atoms with Gasteiger partial charge in [-0.05, 0) is 30.7 Å². The Labute approximate surface area is 124 Å². The van der Waals surface area contributed by atoms with Gasteiger partial charge in [0.1, 0.15) is 0 Å². The maximum absolute atomic E-state index is 5.79. The Kier molecular flexibility index (Phi) is 3.81. The molecule has 2 aromatic carbocycles. The molecular weight excluding hydrogens is 260 g/mol. The summed E-state index contributed by atoms with van der Waals surface area (Å²) >= 11 is 0. The Balaban J connectivity index is 2.03. The van der Waals surface area contributed by atoms with Crippen molar-refractivity contribution in [2.75, 3.05) is 0 Å². The van der Waals surface area contributed by atoms with Crippen LogP contribution in [0.4, 0.5) is 0 Å². The summed E-state index contributed by atoms with van der Waals surface area (Å²) in [4.78, 5) is 0. The molecule has 21 heavy (non-hydrogen) atoms. The number of hydrogen-bond donors (Lipinski definition) is 2. The third-order valence-electron chi connectivity index (χ3n) is 3.55. The molecule has 3 rings (SSSR count). The number of benzene rings is 2. The summed E-state index contributed by atoms with van der Waals surface area (Å²) in [6.45, 7) is 2.07. The normalized spacial score (nSPS) is 12.3. The molecule has 1 aromatic heterocycles. The Morgan fingerprint density at radius 1 is 1.00 bits per heavy atom. The molecule has 1 atom stereocenters. The topological polar surface area (TPSA) is 55.9 Å². The lowest BCUT2D eigenvalue weighted by atomic mass is 10.0. The first-order chi connectivity index (χ1) is 10.3. The van der Waals surface area contributed by atoms with E-state index in [1.807, 2.05) is 41.1 Å². The van der Waals surface area contributed by atoms with Crippen molar-refractivity contribution >= 4 is 0 Å². The molecule has 3 N–H and O–H groups in total. The quantitative estimate of drug-likeness (QED) is 0.570. The van der Waals surface area contributed by atoms with Gasteiger partial charge in [0.2, 0.25) is 0 Å². The van der Waals surface area contributed by atoms with Gasteiger partial charge in [0.25, 0.3) is 0 Å². The second-order valence-electron chi connectivity index (χ2n) is 5.01. The molecule has 4 heteroatoms. The molecule has 0 radical (unpaired) electrons. The number of aromatic nitrogens is 2. The second-order valence-corrected chi connectivity index (χ2v) is 5.01. The van der Waals surface area contributed by atoms with Crippen molar-refractivity contribution in [3.8, 4) is 5.69 Å². The van der Waals surface area contributed by atoms with Gasteiger partial charge in [-0.15, -0.1) is 0 Å². The molecule has 0 aliphatic heterocycles. The fourth-order valence-electron chi connectivity index (χ4n) is 2.43. The van der Waals surface area contributed by atoms with Gasteiger partial charge in [-0.3, -0.25) is 5.84 Å². The van der Waals surface area contributed by atoms with Crippen molar-refractivity contribution in [1.82, 2.24) is 15.2 Å². The van der Waals surface area contributed by atoms with Crippen LogP contribution in [0.25, 0.3) is 5.69 Å². The molecule has 1 heterocycles. The van der Waals surface area contributed by atoms with Crippen LogP contribution in [0.2, 0.25) is 0 Å². The molecule has 4 nitrogen and oxygen atoms in total. The smallest absolute Gasteiger partial charge is 0.0882 e. The van der Waals surface area contributed by atoms with E-state index in [0.717, 1.165) is 16.9 Å². The highest BCUT2D eigenvalue weighted by Crippen LogP contribution is 2.23. The lowest BCUT2D eigenvalue weighted by Gasteiger charge is -2.18. The second kappa shape index (κ2) is 5.91. The predicted molar refractivity (Wildman–Crippen MR) is 83.9 cm³/mol. The van der Waals surface area contributed by atoms with Gasteiger partial charge in [-0.25, -0.2) is 10.1 Å². The van der Waals surface area contributed by atoms with E-state index in [-0.39, 0.29) is 6.04 Å². The summed E-state index contributed by atoms with van der Waals surface area (Å²) in [6.07, 6.45) is 1.79. The van der Waals surface area contributed by atoms with Crippen LogP contribution in [0, 0.1) is 6.92 Å². The third kappa shape index (κ3) is 2.72. The van der Waals surface area contributed by atoms with Crippen LogP contribution >= 0.6 is 0 Å². The zero-order valence-electron chi connectivity index (χ0n) is 11.9. The summed E-state index contributed by atoms with van der Waals surface area (Å²) < 4.78 is 1.91. The minimum atomic E-state index is -0.103. The number of nitrogens with zero attached hydrogens (tertiary/aromatic N) is 2. The monoisotopic (exact) mass is 278 g/mol. The van der Waals surface area contributed by atoms with Crippen molar-refractivity contribution in [2.45, 2.75) is 13.0 Å². The number of nitrogens with two attached hydrogens (primary N) is 1. The Morgan fingerprint density at radius 2 is 1.71 bits per heavy atom. The Morgan fingerprint density at radius 3 is 2.38 bits per heavy atom. The van der Waals surface area contributed by atoms with Crippen LogP contribution in [0.1, 0.15) is 22.9 Å². The first-order valence-electron chi connectivity index (χ1n) is 6.91. The van der Waals surface area contributed by atoms with Crippen LogP contribution in [-0.2, 0) is 0 Å². The minimum Gasteiger partial charge on any atom is -0.271 e. The molecular formula is C17H18N4. The van der Waals surface area contributed by atoms with Gasteiger partial charge in [0.05, 0.1) is 17.4 Å². The lowest BCUT2D eigenvalue weighted by molar-refractivity contribution is 0.597. The van der Waals surface area contributed by atoms with Crippen LogP contribution in [0.5, 0.6) is 0 Å². The van der Waals surface area contributed by atoms with E-state index < -0.39 is 0 Å². The molecule has 106 valence electrons. The average Bonchev–Trinajstić information content (AvgIpc) is 3.00. The Bertz CT molecular complexity index is 701. The van der Waals surface area contributed by atoms with E-state index in [1.165, 1.54) is 5.56 Å². The Hall–Kier alpha value is -2.43. The standard InChI is InChI=1S/C17H18N4/c1-13-7-9-14(10-8-13)17(20-18)16-11-12-19-21(16)15-5-3-2-4-6-15/h2-12,17,20H,18H2,1H3. The van der Waals surface area contributed by atoms with Gasteiger partial charge < -0.3 is 0 Å². The van der Waals surface area contributed by atoms with E-state index in [1.54, 1.807) is 6.20 Å². The van der Waals surface area contributed by atoms with E-state index in [0.29, 0.717) is 0 Å². The summed E-state index contributed by atoms with van der Waals surface area (Å²) in [7, 11) is 0. The van der Waals surface area contributed by atoms with Crippen LogP contribution in [-0.4, -0.2) is 9.78 Å². The van der Waals surface area contributed by atoms with Crippen LogP contribution in [0.15, 0.2) is 66.9 Å². The number of para-hydroxylation sites is 1. The summed E-state index contributed by atoms with van der Waals surface area (Å²) in [5.41, 5.74) is 7.25. The molecule has 0 saturated carbocycles. The number of hydrogen-bond acceptors (Lipinski definition) is 3. The van der Waals surface area contributed by atoms with E-state index in [4.69, 9.17) is 5.84 Å². The van der Waals surface area contributed by atoms with Crippen LogP contribution < -0.4 is 11.3 Å². The fraction of sp³-hybridized carbons (Fsp3) is 0.118. The van der Waals surface area contributed by atoms with E-state index in [9.17, 15) is 0 Å². The van der Waals surface area contributed by atoms with E-state index in [2.05, 4.69) is 41.7 Å². The molecule has 0 amide bonds. The first kappa shape index (κ1) is 13.5. The minimum absolute atomic E-state index is 0.103. The zero-order chi connectivity index (χ0) is 14.7. The van der Waals surface area contributed by atoms with Gasteiger partial charge in [0, 0.05) is 6.20 Å². The van der Waals surface area contributed by atoms with E-state index >= 15 is 0 Å². The molecule has 0 fully saturated rings. The highest BCUT2D eigenvalue weighted by atomic mass is 15.3. The van der Waals surface area contributed by atoms with Crippen LogP contribution in [0.3, 0.4) is 0 Å². The predicted octanol–water partition coefficient (Wildman–Crippen LogP) is 2.73. The maximum atomic E-state index is 5.79. The average molecular weight is 278 g/mol. The third-order valence-corrected chi connectivity index (χ3v) is 3.55. The fourth-order valence-corrected chi connectivity index (χ4v) is 2.43. The number of nitrogens with one attached hydrogen (secondary N) is 1. The molecule has 1 unspecified atom stereocenters. The zero-order valence-corrected chi connectivity index (χ0v) is 11.9. The number of rotatable bonds is 4. The first-order valence-corrected chi connectivity index (χ1v) is 6.91. The molecule has 3 aromatic rings. The highest BCUT2D eigenvalue weighted by molar-refractivity contribution is 5.37. The van der Waals surface area contributed by atoms with Gasteiger partial charge in [-0.2, -0.15) is 5.10 Å². The van der Waals surface area contributed by atoms with Gasteiger partial charge >= 0.3 is 0 Å². The molecule has 0 aliphatic carbocycles. The maximum Gasteiger partial charge on any atom is 0.0882 e.